The van der Waals surface area contributed by atoms with E-state index in [-0.39, 0.29) is 6.42 Å². The first-order valence-electron chi connectivity index (χ1n) is 12.9. The van der Waals surface area contributed by atoms with E-state index in [0.717, 1.165) is 47.7 Å². The molecule has 10 heteroatoms. The second-order valence-corrected chi connectivity index (χ2v) is 11.2. The third-order valence-corrected chi connectivity index (χ3v) is 7.91. The summed E-state index contributed by atoms with van der Waals surface area (Å²) < 4.78 is 1.82. The number of hydrogen-bond acceptors (Lipinski definition) is 7. The molecule has 0 amide bonds. The molecule has 1 atom stereocenters. The van der Waals surface area contributed by atoms with Gasteiger partial charge in [-0.05, 0) is 54.4 Å². The Morgan fingerprint density at radius 2 is 2.03 bits per heavy atom. The van der Waals surface area contributed by atoms with Crippen molar-refractivity contribution in [3.63, 3.8) is 0 Å². The van der Waals surface area contributed by atoms with Crippen LogP contribution < -0.4 is 10.2 Å². The molecule has 9 nitrogen and oxygen atoms in total. The fraction of sp³-hybridized carbons (Fsp3) is 0.310. The van der Waals surface area contributed by atoms with E-state index in [4.69, 9.17) is 16.6 Å². The lowest BCUT2D eigenvalue weighted by atomic mass is 9.81. The summed E-state index contributed by atoms with van der Waals surface area (Å²) >= 11 is 6.64. The van der Waals surface area contributed by atoms with E-state index in [1.165, 1.54) is 11.1 Å². The molecule has 0 bridgehead atoms. The monoisotopic (exact) mass is 543 g/mol. The first-order valence-corrected chi connectivity index (χ1v) is 13.3. The number of nitrogens with one attached hydrogen (secondary N) is 1. The number of carboxylic acids is 1. The van der Waals surface area contributed by atoms with Gasteiger partial charge in [0.25, 0.3) is 0 Å². The molecule has 2 aromatic carbocycles. The molecule has 0 fully saturated rings. The predicted molar refractivity (Wildman–Crippen MR) is 152 cm³/mol. The highest BCUT2D eigenvalue weighted by Gasteiger charge is 2.42. The molecule has 4 aromatic rings. The van der Waals surface area contributed by atoms with Crippen molar-refractivity contribution in [3.05, 3.63) is 76.6 Å². The molecule has 4 heterocycles. The van der Waals surface area contributed by atoms with Crippen molar-refractivity contribution in [3.8, 4) is 11.3 Å². The summed E-state index contributed by atoms with van der Waals surface area (Å²) in [6.07, 6.45) is 4.52. The minimum Gasteiger partial charge on any atom is -0.481 e. The summed E-state index contributed by atoms with van der Waals surface area (Å²) in [5.41, 5.74) is 6.78. The van der Waals surface area contributed by atoms with E-state index in [1.54, 1.807) is 6.20 Å². The maximum absolute atomic E-state index is 11.7. The van der Waals surface area contributed by atoms with Gasteiger partial charge in [-0.25, -0.2) is 4.98 Å². The topological polar surface area (TPSA) is 99.4 Å². The van der Waals surface area contributed by atoms with Crippen LogP contribution in [-0.4, -0.2) is 55.9 Å². The Hall–Kier alpha value is -3.95. The first kappa shape index (κ1) is 25.3. The van der Waals surface area contributed by atoms with E-state index in [0.29, 0.717) is 23.3 Å². The lowest BCUT2D eigenvalue weighted by Crippen LogP contribution is -2.31. The Balaban J connectivity index is 1.37. The zero-order chi connectivity index (χ0) is 27.3. The molecule has 39 heavy (non-hydrogen) atoms. The molecular weight excluding hydrogens is 514 g/mol. The van der Waals surface area contributed by atoms with Crippen LogP contribution in [0.1, 0.15) is 30.0 Å². The number of anilines is 4. The molecule has 0 saturated heterocycles. The molecule has 6 rings (SSSR count). The molecule has 0 spiro atoms. The average Bonchev–Trinajstić information content (AvgIpc) is 3.45. The van der Waals surface area contributed by atoms with Crippen LogP contribution >= 0.6 is 11.6 Å². The molecule has 0 saturated carbocycles. The summed E-state index contributed by atoms with van der Waals surface area (Å²) in [7, 11) is 4.05. The Morgan fingerprint density at radius 3 is 2.79 bits per heavy atom. The second kappa shape index (κ2) is 9.66. The van der Waals surface area contributed by atoms with Crippen molar-refractivity contribution in [2.24, 2.45) is 7.05 Å². The SMILES string of the molecule is CN1CCc2c(cc(Nc3ncc(Cl)c(N4CC(C)(CC(=O)O)c5ccccc54)n3)cc2-c2ccn(C)n2)C1. The van der Waals surface area contributed by atoms with Gasteiger partial charge >= 0.3 is 5.97 Å². The Bertz CT molecular complexity index is 1590. The van der Waals surface area contributed by atoms with Crippen molar-refractivity contribution in [2.75, 3.05) is 30.4 Å². The summed E-state index contributed by atoms with van der Waals surface area (Å²) in [6.45, 7) is 4.27. The van der Waals surface area contributed by atoms with Gasteiger partial charge in [-0.3, -0.25) is 9.48 Å². The van der Waals surface area contributed by atoms with Crippen molar-refractivity contribution in [1.82, 2.24) is 24.6 Å². The second-order valence-electron chi connectivity index (χ2n) is 10.7. The van der Waals surface area contributed by atoms with Gasteiger partial charge < -0.3 is 20.2 Å². The number of halogens is 1. The lowest BCUT2D eigenvalue weighted by molar-refractivity contribution is -0.138. The molecule has 200 valence electrons. The maximum Gasteiger partial charge on any atom is 0.304 e. The number of hydrogen-bond donors (Lipinski definition) is 2. The lowest BCUT2D eigenvalue weighted by Gasteiger charge is -2.27. The molecule has 0 aliphatic carbocycles. The highest BCUT2D eigenvalue weighted by atomic mass is 35.5. The van der Waals surface area contributed by atoms with Crippen LogP contribution in [0.3, 0.4) is 0 Å². The van der Waals surface area contributed by atoms with Gasteiger partial charge in [-0.1, -0.05) is 36.7 Å². The minimum absolute atomic E-state index is 0.00813. The molecule has 0 radical (unpaired) electrons. The number of nitrogens with zero attached hydrogens (tertiary/aromatic N) is 6. The van der Waals surface area contributed by atoms with Crippen LogP contribution in [0.25, 0.3) is 11.3 Å². The quantitative estimate of drug-likeness (QED) is 0.344. The van der Waals surface area contributed by atoms with Crippen molar-refractivity contribution >= 4 is 40.7 Å². The number of benzene rings is 2. The number of aliphatic carboxylic acids is 1. The van der Waals surface area contributed by atoms with Gasteiger partial charge in [0.1, 0.15) is 5.02 Å². The number of likely N-dealkylation sites (N-methyl/N-ethyl adjacent to an activating group) is 1. The zero-order valence-corrected chi connectivity index (χ0v) is 22.9. The number of para-hydroxylation sites is 1. The van der Waals surface area contributed by atoms with Gasteiger partial charge in [0, 0.05) is 55.2 Å². The molecule has 2 aliphatic rings. The number of rotatable bonds is 6. The van der Waals surface area contributed by atoms with Crippen LogP contribution in [0, 0.1) is 0 Å². The van der Waals surface area contributed by atoms with E-state index in [9.17, 15) is 9.90 Å². The van der Waals surface area contributed by atoms with Crippen LogP contribution in [0.15, 0.2) is 54.9 Å². The first-order chi connectivity index (χ1) is 18.7. The average molecular weight is 544 g/mol. The zero-order valence-electron chi connectivity index (χ0n) is 22.1. The van der Waals surface area contributed by atoms with Crippen LogP contribution in [0.4, 0.5) is 23.1 Å². The largest absolute Gasteiger partial charge is 0.481 e. The number of aromatic nitrogens is 4. The van der Waals surface area contributed by atoms with E-state index >= 15 is 0 Å². The number of fused-ring (bicyclic) bond motifs is 2. The number of carboxylic acid groups (broad SMARTS) is 1. The van der Waals surface area contributed by atoms with Crippen LogP contribution in [0.5, 0.6) is 0 Å². The van der Waals surface area contributed by atoms with Gasteiger partial charge in [0.2, 0.25) is 5.95 Å². The highest BCUT2D eigenvalue weighted by Crippen LogP contribution is 2.47. The minimum atomic E-state index is -0.841. The van der Waals surface area contributed by atoms with Crippen LogP contribution in [0.2, 0.25) is 5.02 Å². The van der Waals surface area contributed by atoms with E-state index in [1.807, 2.05) is 60.1 Å². The third kappa shape index (κ3) is 4.72. The fourth-order valence-corrected chi connectivity index (χ4v) is 6.04. The maximum atomic E-state index is 11.7. The summed E-state index contributed by atoms with van der Waals surface area (Å²) in [5.74, 6) is 0.111. The summed E-state index contributed by atoms with van der Waals surface area (Å²) in [5, 5.41) is 18.1. The van der Waals surface area contributed by atoms with E-state index in [2.05, 4.69) is 39.5 Å². The molecule has 2 aromatic heterocycles. The standard InChI is InChI=1S/C29H30ClN7O2/c1-29(14-26(38)39)17-37(25-7-5-4-6-22(25)29)27-23(30)15-31-28(33-27)32-19-12-18-16-35(2)10-8-20(18)21(13-19)24-9-11-36(3)34-24/h4-7,9,11-13,15H,8,10,14,16-17H2,1-3H3,(H,38,39)(H,31,32,33). The fourth-order valence-electron chi connectivity index (χ4n) is 5.85. The summed E-state index contributed by atoms with van der Waals surface area (Å²) in [4.78, 5) is 25.3. The van der Waals surface area contributed by atoms with Crippen LogP contribution in [-0.2, 0) is 30.2 Å². The Labute approximate surface area is 232 Å². The normalized spacial score (nSPS) is 18.6. The number of carbonyl (C=O) groups is 1. The van der Waals surface area contributed by atoms with Crippen molar-refractivity contribution in [2.45, 2.75) is 31.7 Å². The third-order valence-electron chi connectivity index (χ3n) is 7.65. The van der Waals surface area contributed by atoms with Crippen molar-refractivity contribution in [1.29, 1.82) is 0 Å². The smallest absolute Gasteiger partial charge is 0.304 e. The molecule has 2 N–H and O–H groups in total. The Morgan fingerprint density at radius 1 is 1.21 bits per heavy atom. The number of aryl methyl sites for hydroxylation is 1. The van der Waals surface area contributed by atoms with E-state index < -0.39 is 11.4 Å². The van der Waals surface area contributed by atoms with Gasteiger partial charge in [0.05, 0.1) is 18.3 Å². The molecular formula is C29H30ClN7O2. The van der Waals surface area contributed by atoms with Crippen molar-refractivity contribution < 1.29 is 9.90 Å². The molecule has 1 unspecified atom stereocenters. The Kier molecular flexibility index (Phi) is 6.28. The van der Waals surface area contributed by atoms with Gasteiger partial charge in [0.15, 0.2) is 5.82 Å². The van der Waals surface area contributed by atoms with Gasteiger partial charge in [-0.15, -0.1) is 0 Å². The molecule has 2 aliphatic heterocycles. The highest BCUT2D eigenvalue weighted by molar-refractivity contribution is 6.33. The predicted octanol–water partition coefficient (Wildman–Crippen LogP) is 5.15. The van der Waals surface area contributed by atoms with Gasteiger partial charge in [-0.2, -0.15) is 10.1 Å². The summed E-state index contributed by atoms with van der Waals surface area (Å²) in [6, 6.07) is 14.1.